The molecule has 0 bridgehead atoms. The van der Waals surface area contributed by atoms with Gasteiger partial charge in [-0.05, 0) is 12.8 Å². The number of allylic oxidation sites excluding steroid dienone is 1. The minimum atomic E-state index is 0.632. The monoisotopic (exact) mass is 137 g/mol. The van der Waals surface area contributed by atoms with Crippen molar-refractivity contribution in [2.75, 3.05) is 13.6 Å². The Balaban J connectivity index is 2.40. The predicted octanol–water partition coefficient (Wildman–Crippen LogP) is 1.82. The Bertz CT molecular complexity index is 179. The molecule has 0 atom stereocenters. The van der Waals surface area contributed by atoms with E-state index in [1.807, 2.05) is 6.21 Å². The Morgan fingerprint density at radius 1 is 1.60 bits per heavy atom. The van der Waals surface area contributed by atoms with Crippen LogP contribution in [0.1, 0.15) is 12.8 Å². The zero-order valence-electron chi connectivity index (χ0n) is 6.12. The molecule has 0 aromatic carbocycles. The highest BCUT2D eigenvalue weighted by molar-refractivity contribution is 5.60. The molecule has 0 aromatic heterocycles. The summed E-state index contributed by atoms with van der Waals surface area (Å²) in [7, 11) is 1.67. The molecule has 1 rings (SSSR count). The van der Waals surface area contributed by atoms with E-state index in [0.29, 0.717) is 6.54 Å². The Hall–Kier alpha value is -0.990. The molecule has 0 fully saturated rings. The van der Waals surface area contributed by atoms with Gasteiger partial charge in [0.2, 0.25) is 0 Å². The van der Waals surface area contributed by atoms with Crippen LogP contribution in [0.2, 0.25) is 0 Å². The van der Waals surface area contributed by atoms with Gasteiger partial charge in [-0.2, -0.15) is 10.2 Å². The average Bonchev–Trinajstić information content (AvgIpc) is 2.03. The third kappa shape index (κ3) is 2.09. The summed E-state index contributed by atoms with van der Waals surface area (Å²) < 4.78 is 0. The summed E-state index contributed by atoms with van der Waals surface area (Å²) in [6.45, 7) is 0.632. The second-order valence-corrected chi connectivity index (χ2v) is 2.08. The van der Waals surface area contributed by atoms with E-state index in [1.165, 1.54) is 0 Å². The SMILES string of the molecule is CN=NCC1=CCCC=N1. The van der Waals surface area contributed by atoms with Crippen LogP contribution in [0.3, 0.4) is 0 Å². The summed E-state index contributed by atoms with van der Waals surface area (Å²) in [5.41, 5.74) is 1.04. The molecule has 0 radical (unpaired) electrons. The maximum atomic E-state index is 4.15. The standard InChI is InChI=1S/C7H11N3/c1-8-10-6-7-4-2-3-5-9-7/h4-5H,2-3,6H2,1H3. The van der Waals surface area contributed by atoms with Gasteiger partial charge in [0.1, 0.15) is 6.54 Å². The van der Waals surface area contributed by atoms with Gasteiger partial charge in [0.15, 0.2) is 0 Å². The van der Waals surface area contributed by atoms with Crippen molar-refractivity contribution in [1.29, 1.82) is 0 Å². The van der Waals surface area contributed by atoms with Gasteiger partial charge in [0, 0.05) is 13.3 Å². The lowest BCUT2D eigenvalue weighted by atomic mass is 10.2. The highest BCUT2D eigenvalue weighted by atomic mass is 15.1. The molecule has 0 saturated heterocycles. The van der Waals surface area contributed by atoms with Gasteiger partial charge in [-0.15, -0.1) is 0 Å². The average molecular weight is 137 g/mol. The maximum absolute atomic E-state index is 4.15. The van der Waals surface area contributed by atoms with Crippen LogP contribution in [0.5, 0.6) is 0 Å². The first kappa shape index (κ1) is 7.12. The highest BCUT2D eigenvalue weighted by Crippen LogP contribution is 2.06. The molecule has 1 aliphatic heterocycles. The van der Waals surface area contributed by atoms with Gasteiger partial charge >= 0.3 is 0 Å². The summed E-state index contributed by atoms with van der Waals surface area (Å²) in [4.78, 5) is 4.15. The molecule has 0 saturated carbocycles. The molecule has 0 spiro atoms. The minimum absolute atomic E-state index is 0.632. The van der Waals surface area contributed by atoms with Crippen LogP contribution in [-0.4, -0.2) is 19.8 Å². The van der Waals surface area contributed by atoms with E-state index in [-0.39, 0.29) is 0 Å². The Morgan fingerprint density at radius 2 is 2.50 bits per heavy atom. The molecule has 3 nitrogen and oxygen atoms in total. The molecular formula is C7H11N3. The van der Waals surface area contributed by atoms with Crippen LogP contribution in [0.4, 0.5) is 0 Å². The minimum Gasteiger partial charge on any atom is -0.264 e. The fraction of sp³-hybridized carbons (Fsp3) is 0.571. The third-order valence-electron chi connectivity index (χ3n) is 1.31. The van der Waals surface area contributed by atoms with Crippen LogP contribution >= 0.6 is 0 Å². The summed E-state index contributed by atoms with van der Waals surface area (Å²) in [6, 6.07) is 0. The topological polar surface area (TPSA) is 37.1 Å². The second-order valence-electron chi connectivity index (χ2n) is 2.08. The summed E-state index contributed by atoms with van der Waals surface area (Å²) in [5, 5.41) is 7.48. The van der Waals surface area contributed by atoms with Crippen molar-refractivity contribution in [3.05, 3.63) is 11.8 Å². The zero-order chi connectivity index (χ0) is 7.23. The first-order valence-electron chi connectivity index (χ1n) is 3.40. The van der Waals surface area contributed by atoms with Crippen LogP contribution in [0.15, 0.2) is 27.0 Å². The Labute approximate surface area is 60.6 Å². The first-order chi connectivity index (χ1) is 4.93. The van der Waals surface area contributed by atoms with E-state index < -0.39 is 0 Å². The molecule has 0 aromatic rings. The molecular weight excluding hydrogens is 126 g/mol. The van der Waals surface area contributed by atoms with Crippen molar-refractivity contribution in [3.63, 3.8) is 0 Å². The van der Waals surface area contributed by atoms with Gasteiger partial charge in [-0.25, -0.2) is 0 Å². The van der Waals surface area contributed by atoms with E-state index >= 15 is 0 Å². The fourth-order valence-electron chi connectivity index (χ4n) is 0.808. The van der Waals surface area contributed by atoms with E-state index in [1.54, 1.807) is 7.05 Å². The largest absolute Gasteiger partial charge is 0.264 e. The zero-order valence-corrected chi connectivity index (χ0v) is 6.12. The lowest BCUT2D eigenvalue weighted by Crippen LogP contribution is -1.91. The Kier molecular flexibility index (Phi) is 2.80. The molecule has 54 valence electrons. The smallest absolute Gasteiger partial charge is 0.102 e. The van der Waals surface area contributed by atoms with E-state index in [0.717, 1.165) is 18.5 Å². The number of hydrogen-bond acceptors (Lipinski definition) is 3. The van der Waals surface area contributed by atoms with Gasteiger partial charge < -0.3 is 0 Å². The molecule has 0 amide bonds. The van der Waals surface area contributed by atoms with Gasteiger partial charge in [0.05, 0.1) is 5.70 Å². The van der Waals surface area contributed by atoms with Crippen LogP contribution in [0, 0.1) is 0 Å². The third-order valence-corrected chi connectivity index (χ3v) is 1.31. The summed E-state index contributed by atoms with van der Waals surface area (Å²) >= 11 is 0. The molecule has 0 N–H and O–H groups in total. The number of azo groups is 1. The van der Waals surface area contributed by atoms with Crippen molar-refractivity contribution < 1.29 is 0 Å². The molecule has 3 heteroatoms. The lowest BCUT2D eigenvalue weighted by molar-refractivity contribution is 0.939. The van der Waals surface area contributed by atoms with E-state index in [2.05, 4.69) is 21.3 Å². The molecule has 0 aliphatic carbocycles. The van der Waals surface area contributed by atoms with Crippen molar-refractivity contribution in [2.45, 2.75) is 12.8 Å². The molecule has 10 heavy (non-hydrogen) atoms. The summed E-state index contributed by atoms with van der Waals surface area (Å²) in [5.74, 6) is 0. The summed E-state index contributed by atoms with van der Waals surface area (Å²) in [6.07, 6.45) is 6.19. The molecule has 0 unspecified atom stereocenters. The predicted molar refractivity (Wildman–Crippen MR) is 41.5 cm³/mol. The Morgan fingerprint density at radius 3 is 3.10 bits per heavy atom. The van der Waals surface area contributed by atoms with Crippen LogP contribution in [0.25, 0.3) is 0 Å². The van der Waals surface area contributed by atoms with Gasteiger partial charge in [0.25, 0.3) is 0 Å². The van der Waals surface area contributed by atoms with E-state index in [4.69, 9.17) is 0 Å². The quantitative estimate of drug-likeness (QED) is 0.520. The number of rotatable bonds is 2. The maximum Gasteiger partial charge on any atom is 0.102 e. The second kappa shape index (κ2) is 3.93. The highest BCUT2D eigenvalue weighted by Gasteiger charge is 1.95. The fourth-order valence-corrected chi connectivity index (χ4v) is 0.808. The van der Waals surface area contributed by atoms with Gasteiger partial charge in [-0.3, -0.25) is 4.99 Å². The van der Waals surface area contributed by atoms with Crippen molar-refractivity contribution in [1.82, 2.24) is 0 Å². The van der Waals surface area contributed by atoms with E-state index in [9.17, 15) is 0 Å². The van der Waals surface area contributed by atoms with Crippen LogP contribution in [-0.2, 0) is 0 Å². The van der Waals surface area contributed by atoms with Crippen molar-refractivity contribution in [3.8, 4) is 0 Å². The number of nitrogens with zero attached hydrogens (tertiary/aromatic N) is 3. The van der Waals surface area contributed by atoms with Crippen molar-refractivity contribution >= 4 is 6.21 Å². The first-order valence-corrected chi connectivity index (χ1v) is 3.40. The molecule has 1 heterocycles. The number of aliphatic imine (C=N–C) groups is 1. The normalized spacial score (nSPS) is 17.9. The van der Waals surface area contributed by atoms with Gasteiger partial charge in [-0.1, -0.05) is 6.08 Å². The van der Waals surface area contributed by atoms with Crippen molar-refractivity contribution in [2.24, 2.45) is 15.2 Å². The molecule has 1 aliphatic rings. The number of hydrogen-bond donors (Lipinski definition) is 0. The lowest BCUT2D eigenvalue weighted by Gasteiger charge is -2.00. The van der Waals surface area contributed by atoms with Crippen LogP contribution < -0.4 is 0 Å².